The third-order valence-electron chi connectivity index (χ3n) is 14.1. The number of hydrogen-bond acceptors (Lipinski definition) is 13. The van der Waals surface area contributed by atoms with E-state index in [-0.39, 0.29) is 12.5 Å². The first kappa shape index (κ1) is 66.1. The Morgan fingerprint density at radius 2 is 0.958 bits per heavy atom. The van der Waals surface area contributed by atoms with E-state index in [1.807, 2.05) is 0 Å². The molecule has 0 aromatic rings. The van der Waals surface area contributed by atoms with Crippen molar-refractivity contribution in [2.75, 3.05) is 19.8 Å². The van der Waals surface area contributed by atoms with Crippen LogP contribution < -0.4 is 5.32 Å². The molecule has 0 aromatic heterocycles. The van der Waals surface area contributed by atoms with Gasteiger partial charge in [-0.15, -0.1) is 0 Å². The molecule has 2 fully saturated rings. The Bertz CT molecular complexity index is 1390. The van der Waals surface area contributed by atoms with Gasteiger partial charge in [0.1, 0.15) is 48.8 Å². The van der Waals surface area contributed by atoms with Crippen LogP contribution in [0.4, 0.5) is 0 Å². The van der Waals surface area contributed by atoms with E-state index < -0.39 is 86.8 Å². The number of unbranched alkanes of at least 4 members (excludes halogenated alkanes) is 24. The second-order valence-electron chi connectivity index (χ2n) is 20.4. The molecule has 0 aromatic carbocycles. The van der Waals surface area contributed by atoms with Crippen molar-refractivity contribution in [3.8, 4) is 0 Å². The van der Waals surface area contributed by atoms with Crippen LogP contribution in [0.3, 0.4) is 0 Å². The minimum Gasteiger partial charge on any atom is -0.394 e. The second kappa shape index (κ2) is 44.1. The van der Waals surface area contributed by atoms with Gasteiger partial charge in [-0.1, -0.05) is 210 Å². The first-order chi connectivity index (χ1) is 35.1. The Kier molecular flexibility index (Phi) is 40.5. The summed E-state index contributed by atoms with van der Waals surface area (Å²) in [6, 6.07) is -0.826. The van der Waals surface area contributed by atoms with Crippen molar-refractivity contribution in [3.05, 3.63) is 48.6 Å². The van der Waals surface area contributed by atoms with E-state index in [9.17, 15) is 45.6 Å². The predicted molar refractivity (Wildman–Crippen MR) is 286 cm³/mol. The number of rotatable bonds is 45. The van der Waals surface area contributed by atoms with E-state index >= 15 is 0 Å². The Morgan fingerprint density at radius 3 is 1.47 bits per heavy atom. The molecule has 14 heteroatoms. The first-order valence-corrected chi connectivity index (χ1v) is 28.9. The standard InChI is InChI=1S/C58H105NO13/c1-3-5-7-9-11-13-14-15-16-17-18-19-20-21-22-23-24-25-26-27-28-29-30-31-32-34-36-38-40-42-50(63)59-46(47(62)41-39-37-35-33-12-10-8-6-4-2)45-69-57-55(68)53(66)56(49(44-61)71-57)72-58-54(67)52(65)51(64)48(43-60)70-58/h5,7,11,13,15-16,18-19,46-49,51-58,60-62,64-68H,3-4,6,8-10,12,14,17,20-45H2,1-2H3,(H,59,63)/b7-5-,13-11-,16-15-,19-18-. The van der Waals surface area contributed by atoms with Gasteiger partial charge in [0, 0.05) is 6.42 Å². The highest BCUT2D eigenvalue weighted by molar-refractivity contribution is 5.76. The van der Waals surface area contributed by atoms with Crippen molar-refractivity contribution >= 4 is 5.91 Å². The molecule has 2 rings (SSSR count). The fraction of sp³-hybridized carbons (Fsp3) is 0.845. The zero-order valence-corrected chi connectivity index (χ0v) is 44.9. The average Bonchev–Trinajstić information content (AvgIpc) is 3.38. The molecule has 0 aliphatic carbocycles. The second-order valence-corrected chi connectivity index (χ2v) is 20.4. The van der Waals surface area contributed by atoms with Gasteiger partial charge in [-0.25, -0.2) is 0 Å². The summed E-state index contributed by atoms with van der Waals surface area (Å²) in [7, 11) is 0. The predicted octanol–water partition coefficient (Wildman–Crippen LogP) is 9.22. The van der Waals surface area contributed by atoms with E-state index in [2.05, 4.69) is 67.8 Å². The molecule has 72 heavy (non-hydrogen) atoms. The number of aliphatic hydroxyl groups excluding tert-OH is 8. The summed E-state index contributed by atoms with van der Waals surface area (Å²) in [6.07, 6.45) is 37.1. The maximum atomic E-state index is 13.2. The minimum absolute atomic E-state index is 0.209. The highest BCUT2D eigenvalue weighted by Crippen LogP contribution is 2.30. The number of amides is 1. The summed E-state index contributed by atoms with van der Waals surface area (Å²) < 4.78 is 22.7. The van der Waals surface area contributed by atoms with Crippen LogP contribution >= 0.6 is 0 Å². The zero-order chi connectivity index (χ0) is 52.4. The average molecular weight is 1020 g/mol. The van der Waals surface area contributed by atoms with Crippen LogP contribution in [0.25, 0.3) is 0 Å². The van der Waals surface area contributed by atoms with Crippen LogP contribution in [-0.4, -0.2) is 140 Å². The fourth-order valence-corrected chi connectivity index (χ4v) is 9.40. The molecule has 0 saturated carbocycles. The first-order valence-electron chi connectivity index (χ1n) is 28.9. The SMILES string of the molecule is CC/C=C\C/C=C\C/C=C\C/C=C\CCCCCCCCCCCCCCCCCCC(=O)NC(COC1OC(CO)C(OC2OC(CO)C(O)C(O)C2O)C(O)C1O)C(O)CCCCCCCCCCC. The molecular formula is C58H105NO13. The molecule has 2 saturated heterocycles. The Balaban J connectivity index is 1.64. The highest BCUT2D eigenvalue weighted by Gasteiger charge is 2.51. The fourth-order valence-electron chi connectivity index (χ4n) is 9.40. The molecule has 1 amide bonds. The van der Waals surface area contributed by atoms with Gasteiger partial charge < -0.3 is 65.1 Å². The third-order valence-corrected chi connectivity index (χ3v) is 14.1. The summed E-state index contributed by atoms with van der Waals surface area (Å²) in [5, 5.41) is 86.9. The van der Waals surface area contributed by atoms with Gasteiger partial charge in [-0.2, -0.15) is 0 Å². The molecule has 14 nitrogen and oxygen atoms in total. The quantitative estimate of drug-likeness (QED) is 0.0205. The Morgan fingerprint density at radius 1 is 0.514 bits per heavy atom. The van der Waals surface area contributed by atoms with Crippen molar-refractivity contribution in [1.29, 1.82) is 0 Å². The molecule has 2 aliphatic heterocycles. The topological polar surface area (TPSA) is 228 Å². The lowest BCUT2D eigenvalue weighted by atomic mass is 9.97. The molecule has 9 N–H and O–H groups in total. The van der Waals surface area contributed by atoms with Gasteiger partial charge >= 0.3 is 0 Å². The summed E-state index contributed by atoms with van der Waals surface area (Å²) >= 11 is 0. The lowest BCUT2D eigenvalue weighted by Crippen LogP contribution is -2.65. The van der Waals surface area contributed by atoms with Crippen LogP contribution in [-0.2, 0) is 23.7 Å². The largest absolute Gasteiger partial charge is 0.394 e. The molecule has 2 heterocycles. The number of ether oxygens (including phenoxy) is 4. The van der Waals surface area contributed by atoms with Crippen molar-refractivity contribution < 1.29 is 64.6 Å². The van der Waals surface area contributed by atoms with Crippen molar-refractivity contribution in [2.24, 2.45) is 0 Å². The third kappa shape index (κ3) is 29.9. The van der Waals surface area contributed by atoms with E-state index in [1.165, 1.54) is 116 Å². The van der Waals surface area contributed by atoms with Crippen molar-refractivity contribution in [3.63, 3.8) is 0 Å². The number of nitrogens with one attached hydrogen (secondary N) is 1. The van der Waals surface area contributed by atoms with Gasteiger partial charge in [-0.3, -0.25) is 4.79 Å². The molecule has 420 valence electrons. The van der Waals surface area contributed by atoms with Crippen LogP contribution in [0.1, 0.15) is 219 Å². The van der Waals surface area contributed by atoms with Gasteiger partial charge in [-0.05, 0) is 51.4 Å². The summed E-state index contributed by atoms with van der Waals surface area (Å²) in [4.78, 5) is 13.2. The molecular weight excluding hydrogens is 919 g/mol. The number of carbonyl (C=O) groups is 1. The maximum Gasteiger partial charge on any atom is 0.220 e. The van der Waals surface area contributed by atoms with E-state index in [0.717, 1.165) is 77.0 Å². The van der Waals surface area contributed by atoms with E-state index in [1.54, 1.807) is 0 Å². The normalized spacial score (nSPS) is 25.9. The van der Waals surface area contributed by atoms with Gasteiger partial charge in [0.25, 0.3) is 0 Å². The maximum absolute atomic E-state index is 13.2. The highest BCUT2D eigenvalue weighted by atomic mass is 16.7. The number of carbonyl (C=O) groups excluding carboxylic acids is 1. The molecule has 12 unspecified atom stereocenters. The van der Waals surface area contributed by atoms with Crippen LogP contribution in [0.2, 0.25) is 0 Å². The minimum atomic E-state index is -1.78. The molecule has 12 atom stereocenters. The lowest BCUT2D eigenvalue weighted by Gasteiger charge is -2.46. The van der Waals surface area contributed by atoms with Crippen LogP contribution in [0, 0.1) is 0 Å². The molecule has 0 spiro atoms. The molecule has 0 bridgehead atoms. The van der Waals surface area contributed by atoms with Crippen molar-refractivity contribution in [1.82, 2.24) is 5.32 Å². The number of aliphatic hydroxyl groups is 8. The van der Waals surface area contributed by atoms with Gasteiger partial charge in [0.05, 0.1) is 32.0 Å². The van der Waals surface area contributed by atoms with E-state index in [4.69, 9.17) is 18.9 Å². The van der Waals surface area contributed by atoms with Crippen LogP contribution in [0.15, 0.2) is 48.6 Å². The number of hydrogen-bond donors (Lipinski definition) is 9. The monoisotopic (exact) mass is 1020 g/mol. The van der Waals surface area contributed by atoms with Gasteiger partial charge in [0.2, 0.25) is 5.91 Å². The van der Waals surface area contributed by atoms with Crippen LogP contribution in [0.5, 0.6) is 0 Å². The smallest absolute Gasteiger partial charge is 0.220 e. The summed E-state index contributed by atoms with van der Waals surface area (Å²) in [6.45, 7) is 2.71. The van der Waals surface area contributed by atoms with E-state index in [0.29, 0.717) is 12.8 Å². The number of allylic oxidation sites excluding steroid dienone is 8. The Labute approximate surface area is 435 Å². The zero-order valence-electron chi connectivity index (χ0n) is 44.9. The lowest BCUT2D eigenvalue weighted by molar-refractivity contribution is -0.359. The summed E-state index contributed by atoms with van der Waals surface area (Å²) in [5.74, 6) is -0.209. The molecule has 2 aliphatic rings. The van der Waals surface area contributed by atoms with Crippen molar-refractivity contribution in [2.45, 2.75) is 293 Å². The Hall–Kier alpha value is -2.05. The molecule has 0 radical (unpaired) electrons. The van der Waals surface area contributed by atoms with Gasteiger partial charge in [0.15, 0.2) is 12.6 Å². The summed E-state index contributed by atoms with van der Waals surface area (Å²) in [5.41, 5.74) is 0.